The van der Waals surface area contributed by atoms with E-state index in [9.17, 15) is 9.59 Å². The van der Waals surface area contributed by atoms with Gasteiger partial charge in [0.25, 0.3) is 5.91 Å². The highest BCUT2D eigenvalue weighted by molar-refractivity contribution is 6.04. The number of amides is 2. The summed E-state index contributed by atoms with van der Waals surface area (Å²) in [6, 6.07) is 13.8. The Kier molecular flexibility index (Phi) is 10.0. The molecule has 0 heterocycles. The van der Waals surface area contributed by atoms with Gasteiger partial charge in [-0.05, 0) is 55.5 Å². The van der Waals surface area contributed by atoms with E-state index < -0.39 is 0 Å². The van der Waals surface area contributed by atoms with Gasteiger partial charge in [-0.25, -0.2) is 0 Å². The normalized spacial score (nSPS) is 11.1. The van der Waals surface area contributed by atoms with Crippen molar-refractivity contribution in [1.29, 1.82) is 0 Å². The fourth-order valence-corrected chi connectivity index (χ4v) is 2.39. The third-order valence-electron chi connectivity index (χ3n) is 3.86. The summed E-state index contributed by atoms with van der Waals surface area (Å²) in [6.45, 7) is 2.78. The van der Waals surface area contributed by atoms with E-state index >= 15 is 0 Å². The molecule has 2 aromatic carbocycles. The van der Waals surface area contributed by atoms with Crippen LogP contribution in [0.4, 0.5) is 11.4 Å². The lowest BCUT2D eigenvalue weighted by Gasteiger charge is -2.13. The van der Waals surface area contributed by atoms with Crippen LogP contribution in [0.3, 0.4) is 0 Å². The first-order valence-corrected chi connectivity index (χ1v) is 8.72. The maximum atomic E-state index is 12.3. The van der Waals surface area contributed by atoms with Crippen molar-refractivity contribution in [2.24, 2.45) is 5.73 Å². The number of benzene rings is 2. The number of carbonyl (C=O) groups is 2. The Morgan fingerprint density at radius 3 is 2.11 bits per heavy atom. The summed E-state index contributed by atoms with van der Waals surface area (Å²) in [5.74, 6) is 0.319. The molecule has 0 aliphatic heterocycles. The maximum absolute atomic E-state index is 12.3. The average molecular weight is 408 g/mol. The molecule has 1 atom stereocenters. The topological polar surface area (TPSA) is 103 Å². The number of nitrogens with one attached hydrogen (secondary N) is 2. The van der Waals surface area contributed by atoms with Gasteiger partial charge in [-0.2, -0.15) is 0 Å². The van der Waals surface area contributed by atoms with Crippen molar-refractivity contribution >= 4 is 35.6 Å². The molecule has 0 saturated heterocycles. The smallest absolute Gasteiger partial charge is 0.255 e. The summed E-state index contributed by atoms with van der Waals surface area (Å²) in [4.78, 5) is 24.3. The molecule has 0 bridgehead atoms. The highest BCUT2D eigenvalue weighted by atomic mass is 35.5. The van der Waals surface area contributed by atoms with Crippen LogP contribution in [0.2, 0.25) is 0 Å². The van der Waals surface area contributed by atoms with Gasteiger partial charge in [0, 0.05) is 30.6 Å². The first-order valence-electron chi connectivity index (χ1n) is 8.72. The number of hydrogen-bond donors (Lipinski definition) is 3. The van der Waals surface area contributed by atoms with Gasteiger partial charge in [0.05, 0.1) is 19.1 Å². The van der Waals surface area contributed by atoms with E-state index in [0.717, 1.165) is 5.75 Å². The zero-order valence-electron chi connectivity index (χ0n) is 15.9. The quantitative estimate of drug-likeness (QED) is 0.592. The van der Waals surface area contributed by atoms with Crippen molar-refractivity contribution < 1.29 is 19.1 Å². The Morgan fingerprint density at radius 2 is 1.57 bits per heavy atom. The van der Waals surface area contributed by atoms with Gasteiger partial charge in [0.2, 0.25) is 5.91 Å². The van der Waals surface area contributed by atoms with Gasteiger partial charge in [-0.3, -0.25) is 9.59 Å². The molecule has 152 valence electrons. The van der Waals surface area contributed by atoms with Crippen molar-refractivity contribution in [2.75, 3.05) is 30.9 Å². The Balaban J connectivity index is 0.00000392. The molecule has 0 radical (unpaired) electrons. The lowest BCUT2D eigenvalue weighted by atomic mass is 10.1. The molecular formula is C20H26ClN3O4. The molecule has 2 rings (SSSR count). The third-order valence-corrected chi connectivity index (χ3v) is 3.86. The molecule has 2 aromatic rings. The lowest BCUT2D eigenvalue weighted by Crippen LogP contribution is -2.28. The van der Waals surface area contributed by atoms with E-state index in [2.05, 4.69) is 10.6 Å². The second-order valence-corrected chi connectivity index (χ2v) is 5.83. The van der Waals surface area contributed by atoms with Crippen LogP contribution in [0, 0.1) is 0 Å². The minimum Gasteiger partial charge on any atom is -0.494 e. The maximum Gasteiger partial charge on any atom is 0.255 e. The highest BCUT2D eigenvalue weighted by Crippen LogP contribution is 2.17. The van der Waals surface area contributed by atoms with Crippen LogP contribution in [-0.2, 0) is 9.53 Å². The van der Waals surface area contributed by atoms with Crippen molar-refractivity contribution in [3.05, 3.63) is 54.1 Å². The van der Waals surface area contributed by atoms with Crippen LogP contribution in [0.25, 0.3) is 0 Å². The standard InChI is InChI=1S/C20H25N3O4.ClH/c1-3-27-17-10-8-16(9-11-17)23-20(25)14-4-6-15(7-5-14)22-19(24)12-18(13-21)26-2;/h4-11,18H,3,12-13,21H2,1-2H3,(H,22,24)(H,23,25);1H. The first kappa shape index (κ1) is 23.4. The van der Waals surface area contributed by atoms with Gasteiger partial charge >= 0.3 is 0 Å². The summed E-state index contributed by atoms with van der Waals surface area (Å²) in [5.41, 5.74) is 7.27. The fourth-order valence-electron chi connectivity index (χ4n) is 2.39. The molecule has 0 fully saturated rings. The summed E-state index contributed by atoms with van der Waals surface area (Å²) in [6.07, 6.45) is -0.142. The number of carbonyl (C=O) groups excluding carboxylic acids is 2. The largest absolute Gasteiger partial charge is 0.494 e. The Labute approximate surface area is 171 Å². The van der Waals surface area contributed by atoms with Crippen LogP contribution in [-0.4, -0.2) is 38.2 Å². The van der Waals surface area contributed by atoms with Crippen molar-refractivity contribution in [1.82, 2.24) is 0 Å². The summed E-state index contributed by atoms with van der Waals surface area (Å²) < 4.78 is 10.5. The van der Waals surface area contributed by atoms with E-state index in [-0.39, 0.29) is 43.3 Å². The zero-order valence-corrected chi connectivity index (χ0v) is 16.8. The van der Waals surface area contributed by atoms with Gasteiger partial charge in [0.1, 0.15) is 5.75 Å². The van der Waals surface area contributed by atoms with Gasteiger partial charge in [-0.15, -0.1) is 12.4 Å². The summed E-state index contributed by atoms with van der Waals surface area (Å²) in [7, 11) is 1.52. The van der Waals surface area contributed by atoms with Crippen molar-refractivity contribution in [2.45, 2.75) is 19.4 Å². The van der Waals surface area contributed by atoms with E-state index in [0.29, 0.717) is 23.5 Å². The lowest BCUT2D eigenvalue weighted by molar-refractivity contribution is -0.118. The molecule has 1 unspecified atom stereocenters. The van der Waals surface area contributed by atoms with Crippen LogP contribution >= 0.6 is 12.4 Å². The molecular weight excluding hydrogens is 382 g/mol. The number of halogens is 1. The second kappa shape index (κ2) is 12.0. The summed E-state index contributed by atoms with van der Waals surface area (Å²) in [5, 5.41) is 5.57. The molecule has 0 aliphatic rings. The predicted octanol–water partition coefficient (Wildman–Crippen LogP) is 3.06. The molecule has 0 aromatic heterocycles. The predicted molar refractivity (Wildman–Crippen MR) is 112 cm³/mol. The molecule has 2 amide bonds. The van der Waals surface area contributed by atoms with Gasteiger partial charge in [-0.1, -0.05) is 0 Å². The van der Waals surface area contributed by atoms with Crippen LogP contribution in [0.1, 0.15) is 23.7 Å². The monoisotopic (exact) mass is 407 g/mol. The number of ether oxygens (including phenoxy) is 2. The number of anilines is 2. The number of nitrogens with two attached hydrogens (primary N) is 1. The first-order chi connectivity index (χ1) is 13.0. The fraction of sp³-hybridized carbons (Fsp3) is 0.300. The minimum absolute atomic E-state index is 0. The van der Waals surface area contributed by atoms with Crippen molar-refractivity contribution in [3.8, 4) is 5.75 Å². The zero-order chi connectivity index (χ0) is 19.6. The Morgan fingerprint density at radius 1 is 1.00 bits per heavy atom. The van der Waals surface area contributed by atoms with Crippen molar-refractivity contribution in [3.63, 3.8) is 0 Å². The molecule has 0 spiro atoms. The van der Waals surface area contributed by atoms with E-state index in [1.165, 1.54) is 7.11 Å². The van der Waals surface area contributed by atoms with Crippen LogP contribution in [0.15, 0.2) is 48.5 Å². The number of hydrogen-bond acceptors (Lipinski definition) is 5. The second-order valence-electron chi connectivity index (χ2n) is 5.83. The van der Waals surface area contributed by atoms with Gasteiger partial charge in [0.15, 0.2) is 0 Å². The SMILES string of the molecule is CCOc1ccc(NC(=O)c2ccc(NC(=O)CC(CN)OC)cc2)cc1.Cl. The summed E-state index contributed by atoms with van der Waals surface area (Å²) >= 11 is 0. The number of rotatable bonds is 9. The molecule has 0 saturated carbocycles. The molecule has 8 heteroatoms. The van der Waals surface area contributed by atoms with Crippen LogP contribution < -0.4 is 21.1 Å². The average Bonchev–Trinajstić information content (AvgIpc) is 2.68. The number of methoxy groups -OCH3 is 1. The van der Waals surface area contributed by atoms with Gasteiger partial charge < -0.3 is 25.8 Å². The molecule has 4 N–H and O–H groups in total. The third kappa shape index (κ3) is 7.19. The van der Waals surface area contributed by atoms with E-state index in [1.807, 2.05) is 6.92 Å². The molecule has 28 heavy (non-hydrogen) atoms. The van der Waals surface area contributed by atoms with Crippen LogP contribution in [0.5, 0.6) is 5.75 Å². The molecule has 7 nitrogen and oxygen atoms in total. The van der Waals surface area contributed by atoms with E-state index in [1.54, 1.807) is 48.5 Å². The highest BCUT2D eigenvalue weighted by Gasteiger charge is 2.12. The minimum atomic E-state index is -0.316. The van der Waals surface area contributed by atoms with E-state index in [4.69, 9.17) is 15.2 Å². The molecule has 0 aliphatic carbocycles. The Bertz CT molecular complexity index is 747. The Hall–Kier alpha value is -2.61.